The van der Waals surface area contributed by atoms with Crippen molar-refractivity contribution in [1.29, 1.82) is 0 Å². The number of hydrogen-bond acceptors (Lipinski definition) is 3. The van der Waals surface area contributed by atoms with E-state index in [2.05, 4.69) is 34.1 Å². The van der Waals surface area contributed by atoms with Gasteiger partial charge in [-0.15, -0.1) is 0 Å². The van der Waals surface area contributed by atoms with Crippen LogP contribution < -0.4 is 16.6 Å². The molecule has 2 aromatic rings. The van der Waals surface area contributed by atoms with E-state index in [0.29, 0.717) is 11.6 Å². The molecule has 0 aliphatic rings. The number of aliphatic imine (C=N–C) groups is 1. The molecule has 1 aromatic carbocycles. The normalized spacial score (nSPS) is 11.7. The Labute approximate surface area is 123 Å². The monoisotopic (exact) mass is 285 g/mol. The van der Waals surface area contributed by atoms with Crippen LogP contribution in [0, 0.1) is 6.92 Å². The van der Waals surface area contributed by atoms with Crippen molar-refractivity contribution in [3.63, 3.8) is 0 Å². The van der Waals surface area contributed by atoms with Crippen LogP contribution in [-0.4, -0.2) is 15.9 Å². The molecule has 6 heteroatoms. The number of nitrogens with one attached hydrogen (secondary N) is 2. The van der Waals surface area contributed by atoms with Crippen molar-refractivity contribution in [2.45, 2.75) is 26.7 Å². The van der Waals surface area contributed by atoms with Gasteiger partial charge in [-0.1, -0.05) is 26.0 Å². The zero-order valence-corrected chi connectivity index (χ0v) is 12.3. The lowest BCUT2D eigenvalue weighted by Gasteiger charge is -2.08. The summed E-state index contributed by atoms with van der Waals surface area (Å²) >= 11 is 0. The number of nitrogens with zero attached hydrogens (tertiary/aromatic N) is 2. The summed E-state index contributed by atoms with van der Waals surface area (Å²) in [4.78, 5) is 22.0. The molecule has 0 spiro atoms. The van der Waals surface area contributed by atoms with E-state index in [1.54, 1.807) is 6.92 Å². The van der Waals surface area contributed by atoms with Crippen LogP contribution in [0.3, 0.4) is 0 Å². The second-order valence-electron chi connectivity index (χ2n) is 5.11. The molecule has 1 aromatic heterocycles. The highest BCUT2D eigenvalue weighted by atomic mass is 16.1. The average molecular weight is 285 g/mol. The molecular weight excluding hydrogens is 266 g/mol. The molecule has 1 heterocycles. The van der Waals surface area contributed by atoms with Gasteiger partial charge in [-0.3, -0.25) is 9.78 Å². The first kappa shape index (κ1) is 14.8. The number of benzene rings is 1. The van der Waals surface area contributed by atoms with Gasteiger partial charge >= 0.3 is 0 Å². The molecule has 0 saturated heterocycles. The van der Waals surface area contributed by atoms with E-state index >= 15 is 0 Å². The third-order valence-corrected chi connectivity index (χ3v) is 2.93. The largest absolute Gasteiger partial charge is 0.369 e. The van der Waals surface area contributed by atoms with E-state index in [1.165, 1.54) is 11.6 Å². The smallest absolute Gasteiger partial charge is 0.252 e. The Bertz CT molecular complexity index is 701. The summed E-state index contributed by atoms with van der Waals surface area (Å²) in [6.45, 7) is 6.00. The predicted molar refractivity (Wildman–Crippen MR) is 85.0 cm³/mol. The Balaban J connectivity index is 2.14. The summed E-state index contributed by atoms with van der Waals surface area (Å²) in [5.41, 5.74) is 8.23. The van der Waals surface area contributed by atoms with Crippen molar-refractivity contribution in [3.8, 4) is 0 Å². The number of guanidine groups is 1. The van der Waals surface area contributed by atoms with Gasteiger partial charge in [-0.2, -0.15) is 4.99 Å². The Morgan fingerprint density at radius 2 is 2.00 bits per heavy atom. The van der Waals surface area contributed by atoms with Crippen LogP contribution in [0.4, 0.5) is 11.6 Å². The Morgan fingerprint density at radius 1 is 1.33 bits per heavy atom. The molecule has 2 rings (SSSR count). The summed E-state index contributed by atoms with van der Waals surface area (Å²) in [6.07, 6.45) is 0. The molecule has 0 saturated carbocycles. The van der Waals surface area contributed by atoms with Crippen molar-refractivity contribution in [2.75, 3.05) is 5.32 Å². The molecule has 0 unspecified atom stereocenters. The number of aryl methyl sites for hydroxylation is 1. The van der Waals surface area contributed by atoms with Gasteiger partial charge in [0.25, 0.3) is 5.56 Å². The van der Waals surface area contributed by atoms with Gasteiger partial charge in [0.2, 0.25) is 11.9 Å². The summed E-state index contributed by atoms with van der Waals surface area (Å²) in [6, 6.07) is 9.33. The molecule has 4 N–H and O–H groups in total. The molecule has 0 aliphatic carbocycles. The van der Waals surface area contributed by atoms with Gasteiger partial charge in [0, 0.05) is 17.4 Å². The topological polar surface area (TPSA) is 96.2 Å². The minimum Gasteiger partial charge on any atom is -0.369 e. The fraction of sp³-hybridized carbons (Fsp3) is 0.267. The van der Waals surface area contributed by atoms with Gasteiger partial charge < -0.3 is 11.1 Å². The van der Waals surface area contributed by atoms with Crippen molar-refractivity contribution in [3.05, 3.63) is 51.9 Å². The number of H-pyrrole nitrogens is 1. The van der Waals surface area contributed by atoms with E-state index in [9.17, 15) is 4.79 Å². The van der Waals surface area contributed by atoms with Gasteiger partial charge in [0.1, 0.15) is 0 Å². The summed E-state index contributed by atoms with van der Waals surface area (Å²) in [5.74, 6) is 0.830. The first-order valence-corrected chi connectivity index (χ1v) is 6.73. The zero-order valence-electron chi connectivity index (χ0n) is 12.3. The molecule has 0 amide bonds. The van der Waals surface area contributed by atoms with E-state index in [1.807, 2.05) is 24.3 Å². The van der Waals surface area contributed by atoms with Crippen LogP contribution >= 0.6 is 0 Å². The SMILES string of the molecule is Cc1cc(=O)[nH]c(/N=C(\N)Nc2ccc(C(C)C)cc2)n1. The molecule has 0 atom stereocenters. The van der Waals surface area contributed by atoms with Gasteiger partial charge in [-0.25, -0.2) is 4.98 Å². The number of nitrogens with two attached hydrogens (primary N) is 1. The Kier molecular flexibility index (Phi) is 4.37. The van der Waals surface area contributed by atoms with Crippen molar-refractivity contribution in [1.82, 2.24) is 9.97 Å². The van der Waals surface area contributed by atoms with Gasteiger partial charge in [0.05, 0.1) is 0 Å². The van der Waals surface area contributed by atoms with Crippen molar-refractivity contribution in [2.24, 2.45) is 10.7 Å². The third-order valence-electron chi connectivity index (χ3n) is 2.93. The maximum atomic E-state index is 11.3. The van der Waals surface area contributed by atoms with Gasteiger partial charge in [-0.05, 0) is 30.5 Å². The van der Waals surface area contributed by atoms with Crippen molar-refractivity contribution < 1.29 is 0 Å². The highest BCUT2D eigenvalue weighted by Gasteiger charge is 2.01. The van der Waals surface area contributed by atoms with Crippen LogP contribution in [0.5, 0.6) is 0 Å². The quantitative estimate of drug-likeness (QED) is 0.595. The Hall–Kier alpha value is -2.63. The molecule has 6 nitrogen and oxygen atoms in total. The van der Waals surface area contributed by atoms with Crippen LogP contribution in [0.15, 0.2) is 40.1 Å². The first-order valence-electron chi connectivity index (χ1n) is 6.73. The number of hydrogen-bond donors (Lipinski definition) is 3. The Morgan fingerprint density at radius 3 is 2.57 bits per heavy atom. The molecular formula is C15H19N5O. The maximum Gasteiger partial charge on any atom is 0.252 e. The molecule has 0 radical (unpaired) electrons. The highest BCUT2D eigenvalue weighted by Crippen LogP contribution is 2.17. The molecule has 0 aliphatic heterocycles. The van der Waals surface area contributed by atoms with Crippen LogP contribution in [-0.2, 0) is 0 Å². The van der Waals surface area contributed by atoms with Crippen LogP contribution in [0.1, 0.15) is 31.0 Å². The summed E-state index contributed by atoms with van der Waals surface area (Å²) in [7, 11) is 0. The fourth-order valence-electron chi connectivity index (χ4n) is 1.86. The second-order valence-corrected chi connectivity index (χ2v) is 5.11. The van der Waals surface area contributed by atoms with Crippen LogP contribution in [0.2, 0.25) is 0 Å². The lowest BCUT2D eigenvalue weighted by atomic mass is 10.0. The van der Waals surface area contributed by atoms with E-state index in [0.717, 1.165) is 5.69 Å². The minimum absolute atomic E-state index is 0.168. The first-order chi connectivity index (χ1) is 9.94. The summed E-state index contributed by atoms with van der Waals surface area (Å²) < 4.78 is 0. The lowest BCUT2D eigenvalue weighted by Crippen LogP contribution is -2.22. The number of aromatic amines is 1. The maximum absolute atomic E-state index is 11.3. The molecule has 0 fully saturated rings. The predicted octanol–water partition coefficient (Wildman–Crippen LogP) is 2.26. The molecule has 21 heavy (non-hydrogen) atoms. The number of aromatic nitrogens is 2. The fourth-order valence-corrected chi connectivity index (χ4v) is 1.86. The highest BCUT2D eigenvalue weighted by molar-refractivity contribution is 5.93. The van der Waals surface area contributed by atoms with Crippen molar-refractivity contribution >= 4 is 17.6 Å². The molecule has 110 valence electrons. The minimum atomic E-state index is -0.254. The van der Waals surface area contributed by atoms with E-state index in [4.69, 9.17) is 5.73 Å². The molecule has 0 bridgehead atoms. The van der Waals surface area contributed by atoms with Crippen LogP contribution in [0.25, 0.3) is 0 Å². The standard InChI is InChI=1S/C15H19N5O/c1-9(2)11-4-6-12(7-5-11)18-14(16)20-15-17-10(3)8-13(21)19-15/h4-9H,1-3H3,(H4,16,17,18,19,20,21). The second kappa shape index (κ2) is 6.21. The van der Waals surface area contributed by atoms with E-state index < -0.39 is 0 Å². The lowest BCUT2D eigenvalue weighted by molar-refractivity contribution is 0.867. The zero-order chi connectivity index (χ0) is 15.4. The van der Waals surface area contributed by atoms with E-state index in [-0.39, 0.29) is 17.5 Å². The third kappa shape index (κ3) is 4.17. The number of anilines is 1. The number of rotatable bonds is 3. The average Bonchev–Trinajstić information content (AvgIpc) is 2.37. The van der Waals surface area contributed by atoms with Gasteiger partial charge in [0.15, 0.2) is 0 Å². The summed E-state index contributed by atoms with van der Waals surface area (Å²) in [5, 5.41) is 2.96.